The highest BCUT2D eigenvalue weighted by molar-refractivity contribution is 5.86. The Balaban J connectivity index is 1.81. The lowest BCUT2D eigenvalue weighted by Gasteiger charge is -2.38. The third kappa shape index (κ3) is 3.67. The number of aliphatic carboxylic acids is 1. The van der Waals surface area contributed by atoms with Crippen LogP contribution in [0.25, 0.3) is 10.8 Å². The van der Waals surface area contributed by atoms with E-state index in [0.717, 1.165) is 13.1 Å². The van der Waals surface area contributed by atoms with Crippen molar-refractivity contribution in [1.29, 1.82) is 0 Å². The maximum Gasteiger partial charge on any atom is 0.306 e. The maximum atomic E-state index is 11.4. The van der Waals surface area contributed by atoms with Crippen molar-refractivity contribution < 1.29 is 9.90 Å². The summed E-state index contributed by atoms with van der Waals surface area (Å²) in [5.41, 5.74) is 5.13. The molecule has 1 fully saturated rings. The third-order valence-corrected chi connectivity index (χ3v) is 5.92. The molecule has 3 aromatic carbocycles. The number of nitrogens with zero attached hydrogens (tertiary/aromatic N) is 1. The van der Waals surface area contributed by atoms with Gasteiger partial charge in [-0.3, -0.25) is 9.69 Å². The molecule has 1 heterocycles. The van der Waals surface area contributed by atoms with Gasteiger partial charge < -0.3 is 5.11 Å². The first-order valence-corrected chi connectivity index (χ1v) is 10.1. The van der Waals surface area contributed by atoms with Gasteiger partial charge in [0.2, 0.25) is 0 Å². The minimum atomic E-state index is -0.659. The number of rotatable bonds is 4. The molecule has 0 aliphatic carbocycles. The van der Waals surface area contributed by atoms with E-state index in [0.29, 0.717) is 12.8 Å². The van der Waals surface area contributed by atoms with Crippen LogP contribution in [0, 0.1) is 19.8 Å². The van der Waals surface area contributed by atoms with Crippen molar-refractivity contribution in [1.82, 2.24) is 4.90 Å². The van der Waals surface area contributed by atoms with E-state index in [1.807, 2.05) is 0 Å². The molecular formula is C25H27NO2. The monoisotopic (exact) mass is 373 g/mol. The Morgan fingerprint density at radius 3 is 2.29 bits per heavy atom. The normalized spacial score (nSPS) is 16.9. The van der Waals surface area contributed by atoms with Crippen molar-refractivity contribution in [3.05, 3.63) is 82.9 Å². The minimum absolute atomic E-state index is 0.138. The quantitative estimate of drug-likeness (QED) is 0.671. The Morgan fingerprint density at radius 1 is 0.964 bits per heavy atom. The summed E-state index contributed by atoms with van der Waals surface area (Å²) in [6.07, 6.45) is 1.42. The van der Waals surface area contributed by atoms with Gasteiger partial charge in [-0.1, -0.05) is 71.8 Å². The lowest BCUT2D eigenvalue weighted by atomic mass is 9.88. The second kappa shape index (κ2) is 7.76. The zero-order valence-electron chi connectivity index (χ0n) is 16.6. The SMILES string of the molecule is Cc1cc(C)cc(C(c2cccc3ccccc23)N2CCC(C(=O)O)CC2)c1. The van der Waals surface area contributed by atoms with Gasteiger partial charge in [-0.05, 0) is 61.7 Å². The molecule has 0 bridgehead atoms. The zero-order chi connectivity index (χ0) is 19.7. The molecule has 0 saturated carbocycles. The minimum Gasteiger partial charge on any atom is -0.481 e. The summed E-state index contributed by atoms with van der Waals surface area (Å²) in [5.74, 6) is -0.878. The predicted octanol–water partition coefficient (Wildman–Crippen LogP) is 5.34. The van der Waals surface area contributed by atoms with E-state index < -0.39 is 5.97 Å². The van der Waals surface area contributed by atoms with E-state index in [-0.39, 0.29) is 12.0 Å². The Labute approximate surface area is 166 Å². The van der Waals surface area contributed by atoms with Gasteiger partial charge in [-0.2, -0.15) is 0 Å². The van der Waals surface area contributed by atoms with Gasteiger partial charge in [0, 0.05) is 0 Å². The number of fused-ring (bicyclic) bond motifs is 1. The first kappa shape index (κ1) is 18.7. The van der Waals surface area contributed by atoms with Gasteiger partial charge >= 0.3 is 5.97 Å². The highest BCUT2D eigenvalue weighted by Crippen LogP contribution is 2.36. The van der Waals surface area contributed by atoms with Crippen LogP contribution in [0.15, 0.2) is 60.7 Å². The van der Waals surface area contributed by atoms with Crippen LogP contribution in [-0.4, -0.2) is 29.1 Å². The van der Waals surface area contributed by atoms with Crippen molar-refractivity contribution in [3.8, 4) is 0 Å². The summed E-state index contributed by atoms with van der Waals surface area (Å²) in [6, 6.07) is 22.0. The first-order chi connectivity index (χ1) is 13.5. The van der Waals surface area contributed by atoms with Gasteiger partial charge in [-0.15, -0.1) is 0 Å². The Bertz CT molecular complexity index is 977. The number of carboxylic acid groups (broad SMARTS) is 1. The van der Waals surface area contributed by atoms with E-state index >= 15 is 0 Å². The fraction of sp³-hybridized carbons (Fsp3) is 0.320. The van der Waals surface area contributed by atoms with Crippen LogP contribution >= 0.6 is 0 Å². The molecule has 144 valence electrons. The second-order valence-electron chi connectivity index (χ2n) is 8.04. The highest BCUT2D eigenvalue weighted by atomic mass is 16.4. The number of hydrogen-bond acceptors (Lipinski definition) is 2. The second-order valence-corrected chi connectivity index (χ2v) is 8.04. The number of likely N-dealkylation sites (tertiary alicyclic amines) is 1. The standard InChI is InChI=1S/C25H27NO2/c1-17-14-18(2)16-21(15-17)24(26-12-10-20(11-13-26)25(27)28)23-9-5-7-19-6-3-4-8-22(19)23/h3-9,14-16,20,24H,10-13H2,1-2H3,(H,27,28). The molecule has 0 radical (unpaired) electrons. The summed E-state index contributed by atoms with van der Waals surface area (Å²) < 4.78 is 0. The van der Waals surface area contributed by atoms with Gasteiger partial charge in [0.1, 0.15) is 0 Å². The van der Waals surface area contributed by atoms with Crippen LogP contribution < -0.4 is 0 Å². The number of carboxylic acids is 1. The molecular weight excluding hydrogens is 346 g/mol. The number of piperidine rings is 1. The maximum absolute atomic E-state index is 11.4. The zero-order valence-corrected chi connectivity index (χ0v) is 16.6. The van der Waals surface area contributed by atoms with Crippen LogP contribution in [0.2, 0.25) is 0 Å². The van der Waals surface area contributed by atoms with Crippen LogP contribution in [0.5, 0.6) is 0 Å². The molecule has 1 aliphatic rings. The summed E-state index contributed by atoms with van der Waals surface area (Å²) in [6.45, 7) is 5.90. The largest absolute Gasteiger partial charge is 0.481 e. The summed E-state index contributed by atoms with van der Waals surface area (Å²) >= 11 is 0. The lowest BCUT2D eigenvalue weighted by Crippen LogP contribution is -2.39. The topological polar surface area (TPSA) is 40.5 Å². The van der Waals surface area contributed by atoms with Crippen molar-refractivity contribution in [2.24, 2.45) is 5.92 Å². The molecule has 3 heteroatoms. The number of aryl methyl sites for hydroxylation is 2. The third-order valence-electron chi connectivity index (χ3n) is 5.92. The molecule has 28 heavy (non-hydrogen) atoms. The van der Waals surface area contributed by atoms with Crippen LogP contribution in [0.1, 0.15) is 41.1 Å². The lowest BCUT2D eigenvalue weighted by molar-refractivity contribution is -0.143. The molecule has 3 aromatic rings. The Morgan fingerprint density at radius 2 is 1.61 bits per heavy atom. The summed E-state index contributed by atoms with van der Waals surface area (Å²) in [5, 5.41) is 11.9. The van der Waals surface area contributed by atoms with Gasteiger partial charge in [-0.25, -0.2) is 0 Å². The van der Waals surface area contributed by atoms with Gasteiger partial charge in [0.15, 0.2) is 0 Å². The van der Waals surface area contributed by atoms with Crippen LogP contribution in [0.3, 0.4) is 0 Å². The van der Waals surface area contributed by atoms with E-state index in [2.05, 4.69) is 79.4 Å². The van der Waals surface area contributed by atoms with E-state index in [1.165, 1.54) is 33.0 Å². The molecule has 3 nitrogen and oxygen atoms in total. The van der Waals surface area contributed by atoms with Crippen LogP contribution in [0.4, 0.5) is 0 Å². The molecule has 0 amide bonds. The molecule has 1 N–H and O–H groups in total. The predicted molar refractivity (Wildman–Crippen MR) is 114 cm³/mol. The number of carbonyl (C=O) groups is 1. The summed E-state index contributed by atoms with van der Waals surface area (Å²) in [4.78, 5) is 13.9. The number of hydrogen-bond donors (Lipinski definition) is 1. The molecule has 4 rings (SSSR count). The molecule has 1 atom stereocenters. The molecule has 0 spiro atoms. The highest BCUT2D eigenvalue weighted by Gasteiger charge is 2.31. The summed E-state index contributed by atoms with van der Waals surface area (Å²) in [7, 11) is 0. The molecule has 0 aromatic heterocycles. The van der Waals surface area contributed by atoms with Crippen LogP contribution in [-0.2, 0) is 4.79 Å². The van der Waals surface area contributed by atoms with E-state index in [9.17, 15) is 9.90 Å². The number of benzene rings is 3. The molecule has 1 unspecified atom stereocenters. The fourth-order valence-corrected chi connectivity index (χ4v) is 4.65. The van der Waals surface area contributed by atoms with E-state index in [4.69, 9.17) is 0 Å². The first-order valence-electron chi connectivity index (χ1n) is 10.1. The van der Waals surface area contributed by atoms with Gasteiger partial charge in [0.25, 0.3) is 0 Å². The van der Waals surface area contributed by atoms with Gasteiger partial charge in [0.05, 0.1) is 12.0 Å². The van der Waals surface area contributed by atoms with Crippen molar-refractivity contribution >= 4 is 16.7 Å². The Kier molecular flexibility index (Phi) is 5.19. The average Bonchev–Trinajstić information content (AvgIpc) is 2.68. The van der Waals surface area contributed by atoms with Crippen molar-refractivity contribution in [3.63, 3.8) is 0 Å². The van der Waals surface area contributed by atoms with E-state index in [1.54, 1.807) is 0 Å². The van der Waals surface area contributed by atoms with Crippen molar-refractivity contribution in [2.45, 2.75) is 32.7 Å². The Hall–Kier alpha value is -2.65. The average molecular weight is 373 g/mol. The van der Waals surface area contributed by atoms with Crippen molar-refractivity contribution in [2.75, 3.05) is 13.1 Å². The fourth-order valence-electron chi connectivity index (χ4n) is 4.65. The molecule has 1 saturated heterocycles. The molecule has 1 aliphatic heterocycles. The smallest absolute Gasteiger partial charge is 0.306 e.